The van der Waals surface area contributed by atoms with Crippen molar-refractivity contribution in [3.05, 3.63) is 23.2 Å². The van der Waals surface area contributed by atoms with E-state index in [2.05, 4.69) is 17.1 Å². The molecule has 2 aliphatic heterocycles. The third kappa shape index (κ3) is 5.22. The molecule has 150 valence electrons. The predicted octanol–water partition coefficient (Wildman–Crippen LogP) is 3.19. The number of amides is 1. The zero-order valence-electron chi connectivity index (χ0n) is 15.8. The first-order valence-electron chi connectivity index (χ1n) is 9.68. The van der Waals surface area contributed by atoms with Gasteiger partial charge in [0.1, 0.15) is 0 Å². The van der Waals surface area contributed by atoms with E-state index in [1.54, 1.807) is 0 Å². The highest BCUT2D eigenvalue weighted by atomic mass is 35.5. The SMILES string of the molecule is C[C@H]1CCCN(CC(=O)Nc2cc(S(=O)(=O)N3CCCCC3)ccc2Cl)C1. The molecule has 1 N–H and O–H groups in total. The Hall–Kier alpha value is -1.15. The Balaban J connectivity index is 1.70. The van der Waals surface area contributed by atoms with Gasteiger partial charge in [-0.15, -0.1) is 0 Å². The summed E-state index contributed by atoms with van der Waals surface area (Å²) in [6.45, 7) is 5.39. The lowest BCUT2D eigenvalue weighted by molar-refractivity contribution is -0.117. The normalized spacial score (nSPS) is 22.5. The number of rotatable bonds is 5. The van der Waals surface area contributed by atoms with Gasteiger partial charge < -0.3 is 5.32 Å². The molecule has 0 bridgehead atoms. The number of nitrogens with one attached hydrogen (secondary N) is 1. The molecule has 27 heavy (non-hydrogen) atoms. The van der Waals surface area contributed by atoms with E-state index in [4.69, 9.17) is 11.6 Å². The highest BCUT2D eigenvalue weighted by Crippen LogP contribution is 2.28. The number of anilines is 1. The van der Waals surface area contributed by atoms with E-state index in [1.165, 1.54) is 28.9 Å². The van der Waals surface area contributed by atoms with Crippen molar-refractivity contribution in [2.24, 2.45) is 5.92 Å². The molecule has 0 aliphatic carbocycles. The molecule has 2 aliphatic rings. The Morgan fingerprint density at radius 1 is 1.19 bits per heavy atom. The van der Waals surface area contributed by atoms with Crippen LogP contribution in [0.5, 0.6) is 0 Å². The number of hydrogen-bond acceptors (Lipinski definition) is 4. The van der Waals surface area contributed by atoms with Crippen LogP contribution in [0.2, 0.25) is 5.02 Å². The van der Waals surface area contributed by atoms with Crippen molar-refractivity contribution in [1.29, 1.82) is 0 Å². The van der Waals surface area contributed by atoms with Gasteiger partial charge >= 0.3 is 0 Å². The van der Waals surface area contributed by atoms with Crippen LogP contribution in [-0.4, -0.2) is 56.3 Å². The fourth-order valence-corrected chi connectivity index (χ4v) is 5.55. The highest BCUT2D eigenvalue weighted by Gasteiger charge is 2.27. The molecule has 0 radical (unpaired) electrons. The number of benzene rings is 1. The molecular weight excluding hydrogens is 386 g/mol. The van der Waals surface area contributed by atoms with Gasteiger partial charge in [0.25, 0.3) is 0 Å². The minimum atomic E-state index is -3.56. The molecule has 0 saturated carbocycles. The zero-order valence-corrected chi connectivity index (χ0v) is 17.4. The van der Waals surface area contributed by atoms with Crippen molar-refractivity contribution in [2.75, 3.05) is 38.0 Å². The van der Waals surface area contributed by atoms with Gasteiger partial charge in [-0.3, -0.25) is 9.69 Å². The fourth-order valence-electron chi connectivity index (χ4n) is 3.84. The van der Waals surface area contributed by atoms with E-state index in [1.807, 2.05) is 0 Å². The second-order valence-corrected chi connectivity index (χ2v) is 9.98. The molecule has 0 unspecified atom stereocenters. The lowest BCUT2D eigenvalue weighted by Crippen LogP contribution is -2.39. The van der Waals surface area contributed by atoms with Crippen LogP contribution in [-0.2, 0) is 14.8 Å². The Morgan fingerprint density at radius 3 is 2.63 bits per heavy atom. The molecule has 1 aromatic carbocycles. The first-order valence-corrected chi connectivity index (χ1v) is 11.5. The summed E-state index contributed by atoms with van der Waals surface area (Å²) in [5.41, 5.74) is 0.352. The standard InChI is InChI=1S/C19H28ClN3O3S/c1-15-6-5-9-22(13-15)14-19(24)21-18-12-16(7-8-17(18)20)27(25,26)23-10-3-2-4-11-23/h7-8,12,15H,2-6,9-11,13-14H2,1H3,(H,21,24)/t15-/m0/s1. The summed E-state index contributed by atoms with van der Waals surface area (Å²) in [5.74, 6) is 0.423. The summed E-state index contributed by atoms with van der Waals surface area (Å²) in [7, 11) is -3.56. The van der Waals surface area contributed by atoms with Gasteiger partial charge in [-0.2, -0.15) is 4.31 Å². The van der Waals surface area contributed by atoms with Gasteiger partial charge in [-0.1, -0.05) is 24.9 Å². The minimum absolute atomic E-state index is 0.168. The lowest BCUT2D eigenvalue weighted by atomic mass is 10.0. The van der Waals surface area contributed by atoms with E-state index in [0.717, 1.165) is 38.8 Å². The van der Waals surface area contributed by atoms with Crippen LogP contribution >= 0.6 is 11.6 Å². The lowest BCUT2D eigenvalue weighted by Gasteiger charge is -2.30. The van der Waals surface area contributed by atoms with Crippen LogP contribution in [0.1, 0.15) is 39.0 Å². The molecule has 1 atom stereocenters. The summed E-state index contributed by atoms with van der Waals surface area (Å²) in [6.07, 6.45) is 5.11. The first-order chi connectivity index (χ1) is 12.9. The molecule has 0 aromatic heterocycles. The first kappa shape index (κ1) is 20.6. The molecule has 2 fully saturated rings. The smallest absolute Gasteiger partial charge is 0.243 e. The Labute approximate surface area is 166 Å². The number of halogens is 1. The Bertz CT molecular complexity index is 778. The zero-order chi connectivity index (χ0) is 19.4. The summed E-state index contributed by atoms with van der Waals surface area (Å²) < 4.78 is 27.2. The molecule has 3 rings (SSSR count). The average Bonchev–Trinajstić information content (AvgIpc) is 2.64. The van der Waals surface area contributed by atoms with Gasteiger partial charge in [-0.05, 0) is 56.3 Å². The van der Waals surface area contributed by atoms with Gasteiger partial charge in [0.15, 0.2) is 0 Å². The molecule has 2 saturated heterocycles. The van der Waals surface area contributed by atoms with Crippen LogP contribution in [0.4, 0.5) is 5.69 Å². The van der Waals surface area contributed by atoms with E-state index < -0.39 is 10.0 Å². The molecular formula is C19H28ClN3O3S. The van der Waals surface area contributed by atoms with Gasteiger partial charge in [0.2, 0.25) is 15.9 Å². The summed E-state index contributed by atoms with van der Waals surface area (Å²) in [6, 6.07) is 4.52. The van der Waals surface area contributed by atoms with Gasteiger partial charge in [0, 0.05) is 19.6 Å². The van der Waals surface area contributed by atoms with Crippen molar-refractivity contribution in [1.82, 2.24) is 9.21 Å². The average molecular weight is 414 g/mol. The fraction of sp³-hybridized carbons (Fsp3) is 0.632. The summed E-state index contributed by atoms with van der Waals surface area (Å²) in [4.78, 5) is 14.7. The Kier molecular flexibility index (Phi) is 6.78. The van der Waals surface area contributed by atoms with Crippen LogP contribution in [0.3, 0.4) is 0 Å². The number of likely N-dealkylation sites (tertiary alicyclic amines) is 1. The second kappa shape index (κ2) is 8.90. The summed E-state index contributed by atoms with van der Waals surface area (Å²) in [5, 5.41) is 3.13. The van der Waals surface area contributed by atoms with Gasteiger partial charge in [0.05, 0.1) is 22.2 Å². The van der Waals surface area contributed by atoms with E-state index in [0.29, 0.717) is 36.3 Å². The number of carbonyl (C=O) groups excluding carboxylic acids is 1. The van der Waals surface area contributed by atoms with E-state index in [-0.39, 0.29) is 10.8 Å². The highest BCUT2D eigenvalue weighted by molar-refractivity contribution is 7.89. The van der Waals surface area contributed by atoms with Crippen LogP contribution in [0.15, 0.2) is 23.1 Å². The number of carbonyl (C=O) groups is 1. The van der Waals surface area contributed by atoms with Crippen LogP contribution in [0.25, 0.3) is 0 Å². The number of hydrogen-bond donors (Lipinski definition) is 1. The van der Waals surface area contributed by atoms with E-state index >= 15 is 0 Å². The minimum Gasteiger partial charge on any atom is -0.324 e. The van der Waals surface area contributed by atoms with Crippen LogP contribution in [0, 0.1) is 5.92 Å². The van der Waals surface area contributed by atoms with Crippen molar-refractivity contribution >= 4 is 33.2 Å². The maximum Gasteiger partial charge on any atom is 0.243 e. The topological polar surface area (TPSA) is 69.7 Å². The van der Waals surface area contributed by atoms with Crippen molar-refractivity contribution < 1.29 is 13.2 Å². The third-order valence-corrected chi connectivity index (χ3v) is 7.50. The summed E-state index contributed by atoms with van der Waals surface area (Å²) >= 11 is 6.21. The molecule has 1 amide bonds. The molecule has 8 heteroatoms. The molecule has 0 spiro atoms. The van der Waals surface area contributed by atoms with E-state index in [9.17, 15) is 13.2 Å². The predicted molar refractivity (Wildman–Crippen MR) is 108 cm³/mol. The molecule has 1 aromatic rings. The third-order valence-electron chi connectivity index (χ3n) is 5.27. The number of nitrogens with zero attached hydrogens (tertiary/aromatic N) is 2. The van der Waals surface area contributed by atoms with Crippen molar-refractivity contribution in [3.8, 4) is 0 Å². The molecule has 2 heterocycles. The monoisotopic (exact) mass is 413 g/mol. The second-order valence-electron chi connectivity index (χ2n) is 7.64. The largest absolute Gasteiger partial charge is 0.324 e. The van der Waals surface area contributed by atoms with Gasteiger partial charge in [-0.25, -0.2) is 8.42 Å². The Morgan fingerprint density at radius 2 is 1.93 bits per heavy atom. The quantitative estimate of drug-likeness (QED) is 0.804. The number of piperidine rings is 2. The molecule has 6 nitrogen and oxygen atoms in total. The maximum absolute atomic E-state index is 12.9. The van der Waals surface area contributed by atoms with Crippen LogP contribution < -0.4 is 5.32 Å². The number of sulfonamides is 1. The van der Waals surface area contributed by atoms with Crippen molar-refractivity contribution in [3.63, 3.8) is 0 Å². The maximum atomic E-state index is 12.9. The van der Waals surface area contributed by atoms with Crippen molar-refractivity contribution in [2.45, 2.75) is 43.9 Å².